The van der Waals surface area contributed by atoms with Gasteiger partial charge in [0.1, 0.15) is 11.6 Å². The number of benzene rings is 1. The van der Waals surface area contributed by atoms with Gasteiger partial charge in [0.2, 0.25) is 0 Å². The molecule has 0 spiro atoms. The summed E-state index contributed by atoms with van der Waals surface area (Å²) in [5.74, 6) is -2.68. The van der Waals surface area contributed by atoms with Crippen LogP contribution in [0.1, 0.15) is 28.5 Å². The van der Waals surface area contributed by atoms with E-state index < -0.39 is 18.0 Å². The van der Waals surface area contributed by atoms with E-state index in [0.29, 0.717) is 11.6 Å². The van der Waals surface area contributed by atoms with Crippen LogP contribution in [0.25, 0.3) is 0 Å². The summed E-state index contributed by atoms with van der Waals surface area (Å²) in [6.45, 7) is 1.73. The van der Waals surface area contributed by atoms with Crippen molar-refractivity contribution < 1.29 is 31.9 Å². The van der Waals surface area contributed by atoms with E-state index in [1.165, 1.54) is 23.4 Å². The second-order valence-electron chi connectivity index (χ2n) is 7.05. The van der Waals surface area contributed by atoms with Crippen LogP contribution in [0.4, 0.5) is 22.0 Å². The molecule has 1 aromatic carbocycles. The molecular formula is C18H19F5N4O2S. The van der Waals surface area contributed by atoms with E-state index in [1.54, 1.807) is 11.8 Å². The number of rotatable bonds is 2. The van der Waals surface area contributed by atoms with E-state index in [4.69, 9.17) is 15.6 Å². The minimum absolute atomic E-state index is 0.188. The van der Waals surface area contributed by atoms with Gasteiger partial charge in [0.25, 0.3) is 0 Å². The minimum atomic E-state index is -5.08. The second-order valence-corrected chi connectivity index (χ2v) is 8.23. The molecule has 6 nitrogen and oxygen atoms in total. The Morgan fingerprint density at radius 1 is 1.30 bits per heavy atom. The number of thioether (sulfide) groups is 1. The predicted molar refractivity (Wildman–Crippen MR) is 99.5 cm³/mol. The number of aromatic amines is 1. The number of halogens is 5. The highest BCUT2D eigenvalue weighted by molar-refractivity contribution is 7.99. The summed E-state index contributed by atoms with van der Waals surface area (Å²) in [7, 11) is 0. The number of carbonyl (C=O) groups is 1. The first kappa shape index (κ1) is 22.5. The Morgan fingerprint density at radius 3 is 2.60 bits per heavy atom. The number of alkyl halides is 3. The lowest BCUT2D eigenvalue weighted by atomic mass is 9.98. The van der Waals surface area contributed by atoms with E-state index in [-0.39, 0.29) is 17.1 Å². The van der Waals surface area contributed by atoms with Crippen LogP contribution >= 0.6 is 11.8 Å². The third kappa shape index (κ3) is 5.10. The van der Waals surface area contributed by atoms with Crippen LogP contribution in [0.2, 0.25) is 0 Å². The summed E-state index contributed by atoms with van der Waals surface area (Å²) in [6, 6.07) is 3.77. The lowest BCUT2D eigenvalue weighted by Gasteiger charge is -2.38. The number of nitrogens with zero attached hydrogens (tertiary/aromatic N) is 2. The van der Waals surface area contributed by atoms with Gasteiger partial charge < -0.3 is 10.8 Å². The summed E-state index contributed by atoms with van der Waals surface area (Å²) < 4.78 is 59.2. The van der Waals surface area contributed by atoms with Crippen LogP contribution in [0.3, 0.4) is 0 Å². The maximum atomic E-state index is 14.0. The summed E-state index contributed by atoms with van der Waals surface area (Å²) in [6.07, 6.45) is -2.43. The first-order valence-corrected chi connectivity index (χ1v) is 9.98. The van der Waals surface area contributed by atoms with Crippen LogP contribution in [0.15, 0.2) is 24.4 Å². The molecule has 164 valence electrons. The molecule has 0 unspecified atom stereocenters. The maximum absolute atomic E-state index is 14.0. The van der Waals surface area contributed by atoms with Crippen LogP contribution in [-0.2, 0) is 17.9 Å². The predicted octanol–water partition coefficient (Wildman–Crippen LogP) is 3.21. The highest BCUT2D eigenvalue weighted by atomic mass is 32.2. The molecule has 12 heteroatoms. The van der Waals surface area contributed by atoms with Gasteiger partial charge in [-0.1, -0.05) is 0 Å². The Bertz CT molecular complexity index is 886. The number of nitrogens with one attached hydrogen (secondary N) is 1. The van der Waals surface area contributed by atoms with Crippen molar-refractivity contribution in [2.45, 2.75) is 43.0 Å². The highest BCUT2D eigenvalue weighted by Gasteiger charge is 2.38. The molecule has 0 aliphatic carbocycles. The number of aliphatic carboxylic acids is 1. The first-order valence-electron chi connectivity index (χ1n) is 8.93. The summed E-state index contributed by atoms with van der Waals surface area (Å²) in [5.41, 5.74) is 9.10. The zero-order valence-corrected chi connectivity index (χ0v) is 16.3. The third-order valence-corrected chi connectivity index (χ3v) is 6.51. The van der Waals surface area contributed by atoms with E-state index in [2.05, 4.69) is 15.1 Å². The maximum Gasteiger partial charge on any atom is 0.490 e. The average Bonchev–Trinajstić information content (AvgIpc) is 3.26. The standard InChI is InChI=1S/C16H18F2N4S.C2HF3O2/c17-10-1-2-13(18)12(3-10)16-14(19)4-11(8-23-16)22-6-9-5-20-21-15(9)7-22;3-2(4,5)1(6)7/h1-3,5,11,14,16H,4,6-8,19H2,(H,20,21);(H,6,7)/t11-,14+,16-;/m1./s1. The molecule has 1 aromatic heterocycles. The fraction of sp³-hybridized carbons (Fsp3) is 0.444. The summed E-state index contributed by atoms with van der Waals surface area (Å²) >= 11 is 1.62. The molecule has 4 N–H and O–H groups in total. The molecule has 0 bridgehead atoms. The lowest BCUT2D eigenvalue weighted by molar-refractivity contribution is -0.192. The van der Waals surface area contributed by atoms with Gasteiger partial charge in [0.15, 0.2) is 0 Å². The molecule has 0 amide bonds. The van der Waals surface area contributed by atoms with Gasteiger partial charge in [-0.05, 0) is 24.6 Å². The Labute approximate surface area is 172 Å². The number of nitrogens with two attached hydrogens (primary N) is 1. The van der Waals surface area contributed by atoms with Crippen LogP contribution < -0.4 is 5.73 Å². The van der Waals surface area contributed by atoms with Gasteiger partial charge in [0, 0.05) is 47.3 Å². The molecule has 1 fully saturated rings. The van der Waals surface area contributed by atoms with Crippen molar-refractivity contribution in [3.63, 3.8) is 0 Å². The zero-order valence-electron chi connectivity index (χ0n) is 15.5. The molecule has 2 aliphatic heterocycles. The van der Waals surface area contributed by atoms with Crippen molar-refractivity contribution in [3.8, 4) is 0 Å². The van der Waals surface area contributed by atoms with Gasteiger partial charge >= 0.3 is 12.1 Å². The SMILES string of the molecule is N[C@H]1C[C@@H](N2Cc3cn[nH]c3C2)CS[C@@H]1c1cc(F)ccc1F.O=C(O)C(F)(F)F. The van der Waals surface area contributed by atoms with Gasteiger partial charge in [-0.15, -0.1) is 0 Å². The van der Waals surface area contributed by atoms with Crippen molar-refractivity contribution in [2.24, 2.45) is 5.73 Å². The molecular weight excluding hydrogens is 431 g/mol. The normalized spacial score (nSPS) is 24.1. The van der Waals surface area contributed by atoms with E-state index in [9.17, 15) is 22.0 Å². The first-order chi connectivity index (χ1) is 14.1. The van der Waals surface area contributed by atoms with Gasteiger partial charge in [0.05, 0.1) is 11.9 Å². The Kier molecular flexibility index (Phi) is 6.68. The molecule has 0 radical (unpaired) electrons. The third-order valence-electron chi connectivity index (χ3n) is 4.97. The summed E-state index contributed by atoms with van der Waals surface area (Å²) in [5, 5.41) is 14.0. The quantitative estimate of drug-likeness (QED) is 0.609. The lowest BCUT2D eigenvalue weighted by Crippen LogP contribution is -2.44. The van der Waals surface area contributed by atoms with Crippen LogP contribution in [0, 0.1) is 11.6 Å². The van der Waals surface area contributed by atoms with Gasteiger partial charge in [-0.2, -0.15) is 30.0 Å². The largest absolute Gasteiger partial charge is 0.490 e. The second kappa shape index (κ2) is 8.90. The van der Waals surface area contributed by atoms with E-state index in [0.717, 1.165) is 31.3 Å². The Balaban J connectivity index is 0.000000318. The molecule has 3 atom stereocenters. The Hall–Kier alpha value is -2.18. The number of fused-ring (bicyclic) bond motifs is 1. The van der Waals surface area contributed by atoms with Crippen LogP contribution in [-0.4, -0.2) is 50.2 Å². The molecule has 2 aliphatic rings. The highest BCUT2D eigenvalue weighted by Crippen LogP contribution is 2.41. The molecule has 0 saturated carbocycles. The number of carboxylic acid groups (broad SMARTS) is 1. The number of hydrogen-bond donors (Lipinski definition) is 3. The van der Waals surface area contributed by atoms with E-state index >= 15 is 0 Å². The van der Waals surface area contributed by atoms with Crippen molar-refractivity contribution in [3.05, 3.63) is 52.9 Å². The van der Waals surface area contributed by atoms with Crippen molar-refractivity contribution in [1.82, 2.24) is 15.1 Å². The number of hydrogen-bond acceptors (Lipinski definition) is 5. The topological polar surface area (TPSA) is 95.2 Å². The van der Waals surface area contributed by atoms with Crippen LogP contribution in [0.5, 0.6) is 0 Å². The molecule has 2 aromatic rings. The minimum Gasteiger partial charge on any atom is -0.475 e. The zero-order chi connectivity index (χ0) is 22.1. The monoisotopic (exact) mass is 450 g/mol. The number of carboxylic acids is 1. The number of H-pyrrole nitrogens is 1. The fourth-order valence-electron chi connectivity index (χ4n) is 3.50. The molecule has 1 saturated heterocycles. The van der Waals surface area contributed by atoms with Gasteiger partial charge in [-0.25, -0.2) is 13.6 Å². The van der Waals surface area contributed by atoms with E-state index in [1.807, 2.05) is 6.20 Å². The van der Waals surface area contributed by atoms with Crippen molar-refractivity contribution >= 4 is 17.7 Å². The number of aromatic nitrogens is 2. The molecule has 30 heavy (non-hydrogen) atoms. The fourth-order valence-corrected chi connectivity index (χ4v) is 4.99. The van der Waals surface area contributed by atoms with Crippen molar-refractivity contribution in [1.29, 1.82) is 0 Å². The smallest absolute Gasteiger partial charge is 0.475 e. The summed E-state index contributed by atoms with van der Waals surface area (Å²) in [4.78, 5) is 11.3. The molecule has 3 heterocycles. The van der Waals surface area contributed by atoms with Crippen molar-refractivity contribution in [2.75, 3.05) is 5.75 Å². The average molecular weight is 450 g/mol. The Morgan fingerprint density at radius 2 is 2.00 bits per heavy atom. The van der Waals surface area contributed by atoms with Gasteiger partial charge in [-0.3, -0.25) is 10.00 Å². The molecule has 4 rings (SSSR count).